The lowest BCUT2D eigenvalue weighted by Crippen LogP contribution is -2.02. The molecule has 0 saturated carbocycles. The van der Waals surface area contributed by atoms with E-state index in [9.17, 15) is 9.90 Å². The Labute approximate surface area is 121 Å². The molecule has 0 fully saturated rings. The fourth-order valence-corrected chi connectivity index (χ4v) is 2.46. The van der Waals surface area contributed by atoms with Crippen molar-refractivity contribution in [1.82, 2.24) is 9.55 Å². The highest BCUT2D eigenvalue weighted by atomic mass is 16.5. The minimum Gasteiger partial charge on any atom is -0.481 e. The first kappa shape index (κ1) is 13.2. The largest absolute Gasteiger partial charge is 0.481 e. The zero-order valence-electron chi connectivity index (χ0n) is 11.5. The molecule has 2 aromatic heterocycles. The van der Waals surface area contributed by atoms with Crippen molar-refractivity contribution < 1.29 is 14.6 Å². The average molecular weight is 282 g/mol. The molecule has 0 spiro atoms. The van der Waals surface area contributed by atoms with Crippen molar-refractivity contribution in [3.63, 3.8) is 0 Å². The quantitative estimate of drug-likeness (QED) is 0.799. The van der Waals surface area contributed by atoms with E-state index in [0.29, 0.717) is 18.0 Å². The lowest BCUT2D eigenvalue weighted by Gasteiger charge is -2.09. The zero-order valence-corrected chi connectivity index (χ0v) is 11.5. The first-order valence-corrected chi connectivity index (χ1v) is 6.49. The van der Waals surface area contributed by atoms with Crippen molar-refractivity contribution >= 4 is 16.9 Å². The van der Waals surface area contributed by atoms with Crippen LogP contribution in [0.15, 0.2) is 48.8 Å². The Morgan fingerprint density at radius 1 is 1.29 bits per heavy atom. The number of pyridine rings is 1. The molecule has 0 bridgehead atoms. The predicted molar refractivity (Wildman–Crippen MR) is 78.8 cm³/mol. The van der Waals surface area contributed by atoms with Crippen molar-refractivity contribution in [2.75, 3.05) is 7.11 Å². The molecule has 0 unspecified atom stereocenters. The van der Waals surface area contributed by atoms with Crippen LogP contribution in [0.4, 0.5) is 0 Å². The minimum absolute atomic E-state index is 0.299. The number of methoxy groups -OCH3 is 1. The van der Waals surface area contributed by atoms with Crippen molar-refractivity contribution in [3.8, 4) is 5.88 Å². The van der Waals surface area contributed by atoms with E-state index in [4.69, 9.17) is 4.74 Å². The number of hydrogen-bond donors (Lipinski definition) is 1. The molecule has 5 heteroatoms. The van der Waals surface area contributed by atoms with Gasteiger partial charge in [-0.3, -0.25) is 0 Å². The lowest BCUT2D eigenvalue weighted by atomic mass is 10.2. The van der Waals surface area contributed by atoms with Crippen LogP contribution >= 0.6 is 0 Å². The second-order valence-corrected chi connectivity index (χ2v) is 4.66. The third kappa shape index (κ3) is 2.33. The standard InChI is InChI=1S/C16H14N2O3/c1-21-15-11(5-4-8-17-15)9-18-10-13(16(19)20)12-6-2-3-7-14(12)18/h2-8,10H,9H2,1H3,(H,19,20). The maximum absolute atomic E-state index is 11.4. The topological polar surface area (TPSA) is 64.4 Å². The van der Waals surface area contributed by atoms with Crippen LogP contribution in [0.5, 0.6) is 5.88 Å². The number of carboxylic acids is 1. The highest BCUT2D eigenvalue weighted by Gasteiger charge is 2.14. The molecule has 3 aromatic rings. The van der Waals surface area contributed by atoms with Crippen LogP contribution in [0.2, 0.25) is 0 Å². The molecule has 0 aliphatic heterocycles. The molecule has 0 saturated heterocycles. The Bertz CT molecular complexity index is 808. The number of nitrogens with zero attached hydrogens (tertiary/aromatic N) is 2. The van der Waals surface area contributed by atoms with Crippen LogP contribution in [0, 0.1) is 0 Å². The van der Waals surface area contributed by atoms with Gasteiger partial charge in [0.05, 0.1) is 19.2 Å². The summed E-state index contributed by atoms with van der Waals surface area (Å²) in [5.74, 6) is -0.379. The third-order valence-corrected chi connectivity index (χ3v) is 3.40. The Morgan fingerprint density at radius 2 is 2.10 bits per heavy atom. The molecular weight excluding hydrogens is 268 g/mol. The number of fused-ring (bicyclic) bond motifs is 1. The Hall–Kier alpha value is -2.82. The summed E-state index contributed by atoms with van der Waals surface area (Å²) >= 11 is 0. The Kier molecular flexibility index (Phi) is 3.31. The predicted octanol–water partition coefficient (Wildman–Crippen LogP) is 2.79. The second-order valence-electron chi connectivity index (χ2n) is 4.66. The minimum atomic E-state index is -0.928. The normalized spacial score (nSPS) is 10.7. The number of hydrogen-bond acceptors (Lipinski definition) is 3. The van der Waals surface area contributed by atoms with E-state index < -0.39 is 5.97 Å². The number of aromatic carboxylic acids is 1. The first-order chi connectivity index (χ1) is 10.2. The molecule has 2 heterocycles. The number of aromatic nitrogens is 2. The van der Waals surface area contributed by atoms with Gasteiger partial charge in [0.15, 0.2) is 0 Å². The second kappa shape index (κ2) is 5.28. The molecule has 1 aromatic carbocycles. The zero-order chi connectivity index (χ0) is 14.8. The van der Waals surface area contributed by atoms with E-state index in [1.54, 1.807) is 19.5 Å². The molecule has 1 N–H and O–H groups in total. The van der Waals surface area contributed by atoms with Gasteiger partial charge in [0, 0.05) is 28.9 Å². The first-order valence-electron chi connectivity index (χ1n) is 6.49. The van der Waals surface area contributed by atoms with E-state index in [-0.39, 0.29) is 0 Å². The molecular formula is C16H14N2O3. The van der Waals surface area contributed by atoms with Crippen molar-refractivity contribution in [3.05, 3.63) is 59.9 Å². The van der Waals surface area contributed by atoms with E-state index in [2.05, 4.69) is 4.98 Å². The van der Waals surface area contributed by atoms with Crippen molar-refractivity contribution in [1.29, 1.82) is 0 Å². The average Bonchev–Trinajstić information content (AvgIpc) is 2.87. The highest BCUT2D eigenvalue weighted by molar-refractivity contribution is 6.03. The number of ether oxygens (including phenoxy) is 1. The lowest BCUT2D eigenvalue weighted by molar-refractivity contribution is 0.0699. The molecule has 5 nitrogen and oxygen atoms in total. The fraction of sp³-hybridized carbons (Fsp3) is 0.125. The SMILES string of the molecule is COc1ncccc1Cn1cc(C(=O)O)c2ccccc21. The summed E-state index contributed by atoms with van der Waals surface area (Å²) in [5, 5.41) is 10.0. The van der Waals surface area contributed by atoms with Gasteiger partial charge in [0.25, 0.3) is 0 Å². The molecule has 0 atom stereocenters. The molecule has 0 amide bonds. The maximum Gasteiger partial charge on any atom is 0.337 e. The van der Waals surface area contributed by atoms with E-state index >= 15 is 0 Å². The van der Waals surface area contributed by atoms with Gasteiger partial charge in [-0.25, -0.2) is 9.78 Å². The van der Waals surface area contributed by atoms with Gasteiger partial charge < -0.3 is 14.4 Å². The monoisotopic (exact) mass is 282 g/mol. The summed E-state index contributed by atoms with van der Waals surface area (Å²) in [4.78, 5) is 15.5. The number of rotatable bonds is 4. The summed E-state index contributed by atoms with van der Waals surface area (Å²) in [7, 11) is 1.57. The summed E-state index contributed by atoms with van der Waals surface area (Å²) in [6.07, 6.45) is 3.32. The third-order valence-electron chi connectivity index (χ3n) is 3.40. The van der Waals surface area contributed by atoms with Gasteiger partial charge >= 0.3 is 5.97 Å². The van der Waals surface area contributed by atoms with Gasteiger partial charge in [-0.05, 0) is 12.1 Å². The summed E-state index contributed by atoms with van der Waals surface area (Å²) < 4.78 is 7.14. The molecule has 0 aliphatic rings. The Morgan fingerprint density at radius 3 is 2.86 bits per heavy atom. The number of carbonyl (C=O) groups is 1. The van der Waals surface area contributed by atoms with Crippen LogP contribution in [-0.2, 0) is 6.54 Å². The molecule has 106 valence electrons. The Balaban J connectivity index is 2.11. The number of benzene rings is 1. The summed E-state index contributed by atoms with van der Waals surface area (Å²) in [6, 6.07) is 11.2. The maximum atomic E-state index is 11.4. The molecule has 3 rings (SSSR count). The van der Waals surface area contributed by atoms with Crippen LogP contribution in [0.25, 0.3) is 10.9 Å². The number of carboxylic acid groups (broad SMARTS) is 1. The van der Waals surface area contributed by atoms with Gasteiger partial charge in [-0.2, -0.15) is 0 Å². The number of para-hydroxylation sites is 1. The van der Waals surface area contributed by atoms with E-state index in [0.717, 1.165) is 16.5 Å². The van der Waals surface area contributed by atoms with Crippen molar-refractivity contribution in [2.45, 2.75) is 6.54 Å². The van der Waals surface area contributed by atoms with Gasteiger partial charge in [-0.1, -0.05) is 24.3 Å². The highest BCUT2D eigenvalue weighted by Crippen LogP contribution is 2.24. The molecule has 0 aliphatic carbocycles. The fourth-order valence-electron chi connectivity index (χ4n) is 2.46. The van der Waals surface area contributed by atoms with Crippen LogP contribution in [-0.4, -0.2) is 27.7 Å². The van der Waals surface area contributed by atoms with Gasteiger partial charge in [0.1, 0.15) is 0 Å². The van der Waals surface area contributed by atoms with Gasteiger partial charge in [-0.15, -0.1) is 0 Å². The summed E-state index contributed by atoms with van der Waals surface area (Å²) in [5.41, 5.74) is 2.08. The van der Waals surface area contributed by atoms with Crippen LogP contribution < -0.4 is 4.74 Å². The smallest absolute Gasteiger partial charge is 0.337 e. The molecule has 21 heavy (non-hydrogen) atoms. The van der Waals surface area contributed by atoms with Gasteiger partial charge in [0.2, 0.25) is 5.88 Å². The van der Waals surface area contributed by atoms with E-state index in [1.165, 1.54) is 0 Å². The summed E-state index contributed by atoms with van der Waals surface area (Å²) in [6.45, 7) is 0.505. The van der Waals surface area contributed by atoms with Crippen molar-refractivity contribution in [2.24, 2.45) is 0 Å². The van der Waals surface area contributed by atoms with Crippen LogP contribution in [0.3, 0.4) is 0 Å². The van der Waals surface area contributed by atoms with Crippen LogP contribution in [0.1, 0.15) is 15.9 Å². The molecule has 0 radical (unpaired) electrons. The van der Waals surface area contributed by atoms with E-state index in [1.807, 2.05) is 41.0 Å².